The molecule has 1 aliphatic rings. The molecule has 0 amide bonds. The minimum Gasteiger partial charge on any atom is -0.379 e. The molecule has 3 aromatic rings. The molecule has 12 heteroatoms. The van der Waals surface area contributed by atoms with E-state index in [1.165, 1.54) is 27.2 Å². The Morgan fingerprint density at radius 1 is 1.03 bits per heavy atom. The second kappa shape index (κ2) is 11.5. The van der Waals surface area contributed by atoms with Crippen molar-refractivity contribution in [1.82, 2.24) is 14.1 Å². The van der Waals surface area contributed by atoms with Crippen molar-refractivity contribution in [1.29, 1.82) is 0 Å². The monoisotopic (exact) mass is 526 g/mol. The average Bonchev–Trinajstić information content (AvgIpc) is 2.90. The summed E-state index contributed by atoms with van der Waals surface area (Å²) in [5.41, 5.74) is 1.39. The lowest BCUT2D eigenvalue weighted by Gasteiger charge is -2.36. The lowest BCUT2D eigenvalue weighted by atomic mass is 10.2. The van der Waals surface area contributed by atoms with E-state index in [0.29, 0.717) is 36.7 Å². The summed E-state index contributed by atoms with van der Waals surface area (Å²) in [6.07, 6.45) is 3.50. The standard InChI is InChI=1S/C25H30N6O5S/c1-2-3-13-26-24-23(18-27-30(25(24)32)21-10-5-4-6-11-21)28-14-16-29(17-15-28)37(35,36)19-20-9-7-8-12-22(20)31(33)34/h4-12,18,26H,2-3,13-17,19H2,1H3. The van der Waals surface area contributed by atoms with E-state index in [4.69, 9.17) is 0 Å². The van der Waals surface area contributed by atoms with Gasteiger partial charge in [-0.3, -0.25) is 14.9 Å². The summed E-state index contributed by atoms with van der Waals surface area (Å²) in [7, 11) is -3.77. The van der Waals surface area contributed by atoms with Crippen molar-refractivity contribution in [2.75, 3.05) is 42.9 Å². The molecular weight excluding hydrogens is 496 g/mol. The fourth-order valence-electron chi connectivity index (χ4n) is 4.30. The number of hydrogen-bond donors (Lipinski definition) is 1. The molecule has 0 bridgehead atoms. The van der Waals surface area contributed by atoms with E-state index < -0.39 is 20.7 Å². The average molecular weight is 527 g/mol. The highest BCUT2D eigenvalue weighted by atomic mass is 32.2. The summed E-state index contributed by atoms with van der Waals surface area (Å²) in [6.45, 7) is 3.80. The maximum Gasteiger partial charge on any atom is 0.296 e. The Kier molecular flexibility index (Phi) is 8.19. The van der Waals surface area contributed by atoms with Crippen molar-refractivity contribution in [2.24, 2.45) is 0 Å². The zero-order valence-corrected chi connectivity index (χ0v) is 21.4. The van der Waals surface area contributed by atoms with Crippen LogP contribution in [-0.4, -0.2) is 60.2 Å². The summed E-state index contributed by atoms with van der Waals surface area (Å²) < 4.78 is 28.9. The summed E-state index contributed by atoms with van der Waals surface area (Å²) >= 11 is 0. The summed E-state index contributed by atoms with van der Waals surface area (Å²) in [5.74, 6) is -0.442. The number of piperazine rings is 1. The van der Waals surface area contributed by atoms with Crippen LogP contribution < -0.4 is 15.8 Å². The van der Waals surface area contributed by atoms with Crippen LogP contribution in [0.2, 0.25) is 0 Å². The third-order valence-corrected chi connectivity index (χ3v) is 8.12. The normalized spacial score (nSPS) is 14.5. The van der Waals surface area contributed by atoms with E-state index in [2.05, 4.69) is 17.3 Å². The molecule has 1 fully saturated rings. The molecule has 196 valence electrons. The summed E-state index contributed by atoms with van der Waals surface area (Å²) in [4.78, 5) is 26.1. The van der Waals surface area contributed by atoms with Gasteiger partial charge in [0.05, 0.1) is 28.2 Å². The minimum absolute atomic E-state index is 0.158. The van der Waals surface area contributed by atoms with E-state index in [1.807, 2.05) is 35.2 Å². The molecule has 2 aromatic carbocycles. The Morgan fingerprint density at radius 3 is 2.38 bits per heavy atom. The van der Waals surface area contributed by atoms with Crippen molar-refractivity contribution in [2.45, 2.75) is 25.5 Å². The molecular formula is C25H30N6O5S. The molecule has 1 aliphatic heterocycles. The maximum absolute atomic E-state index is 13.4. The molecule has 1 N–H and O–H groups in total. The molecule has 0 spiro atoms. The lowest BCUT2D eigenvalue weighted by molar-refractivity contribution is -0.385. The van der Waals surface area contributed by atoms with Gasteiger partial charge in [0.2, 0.25) is 10.0 Å². The van der Waals surface area contributed by atoms with Gasteiger partial charge in [0.25, 0.3) is 11.2 Å². The summed E-state index contributed by atoms with van der Waals surface area (Å²) in [6, 6.07) is 15.0. The van der Waals surface area contributed by atoms with Gasteiger partial charge in [-0.15, -0.1) is 0 Å². The van der Waals surface area contributed by atoms with Crippen LogP contribution in [0, 0.1) is 10.1 Å². The molecule has 1 aromatic heterocycles. The number of nitrogens with zero attached hydrogens (tertiary/aromatic N) is 5. The van der Waals surface area contributed by atoms with Crippen molar-refractivity contribution in [3.05, 3.63) is 86.8 Å². The molecule has 2 heterocycles. The number of anilines is 2. The van der Waals surface area contributed by atoms with Crippen molar-refractivity contribution in [3.8, 4) is 5.69 Å². The first-order valence-electron chi connectivity index (χ1n) is 12.2. The zero-order chi connectivity index (χ0) is 26.4. The fraction of sp³-hybridized carbons (Fsp3) is 0.360. The highest BCUT2D eigenvalue weighted by Crippen LogP contribution is 2.26. The van der Waals surface area contributed by atoms with E-state index in [9.17, 15) is 23.3 Å². The minimum atomic E-state index is -3.77. The smallest absolute Gasteiger partial charge is 0.296 e. The second-order valence-electron chi connectivity index (χ2n) is 8.77. The highest BCUT2D eigenvalue weighted by molar-refractivity contribution is 7.88. The number of benzene rings is 2. The van der Waals surface area contributed by atoms with Crippen LogP contribution in [0.4, 0.5) is 17.1 Å². The maximum atomic E-state index is 13.4. The predicted molar refractivity (Wildman–Crippen MR) is 143 cm³/mol. The van der Waals surface area contributed by atoms with E-state index >= 15 is 0 Å². The number of aromatic nitrogens is 2. The number of para-hydroxylation sites is 2. The van der Waals surface area contributed by atoms with Crippen LogP contribution in [0.3, 0.4) is 0 Å². The quantitative estimate of drug-likeness (QED) is 0.242. The number of nitrogens with one attached hydrogen (secondary N) is 1. The van der Waals surface area contributed by atoms with Gasteiger partial charge in [0, 0.05) is 44.4 Å². The first-order chi connectivity index (χ1) is 17.8. The molecule has 0 unspecified atom stereocenters. The number of unbranched alkanes of at least 4 members (excludes halogenated alkanes) is 1. The third-order valence-electron chi connectivity index (χ3n) is 6.29. The van der Waals surface area contributed by atoms with E-state index in [1.54, 1.807) is 12.3 Å². The number of sulfonamides is 1. The molecule has 0 radical (unpaired) electrons. The van der Waals surface area contributed by atoms with Gasteiger partial charge in [0.15, 0.2) is 0 Å². The largest absolute Gasteiger partial charge is 0.379 e. The molecule has 11 nitrogen and oxygen atoms in total. The Labute approximate surface area is 215 Å². The lowest BCUT2D eigenvalue weighted by Crippen LogP contribution is -2.49. The van der Waals surface area contributed by atoms with Gasteiger partial charge in [-0.25, -0.2) is 8.42 Å². The third kappa shape index (κ3) is 5.97. The van der Waals surface area contributed by atoms with E-state index in [0.717, 1.165) is 12.8 Å². The first kappa shape index (κ1) is 26.3. The van der Waals surface area contributed by atoms with Gasteiger partial charge in [-0.05, 0) is 18.6 Å². The number of hydrogen-bond acceptors (Lipinski definition) is 8. The first-order valence-corrected chi connectivity index (χ1v) is 13.8. The van der Waals surface area contributed by atoms with Gasteiger partial charge < -0.3 is 10.2 Å². The zero-order valence-electron chi connectivity index (χ0n) is 20.6. The molecule has 0 atom stereocenters. The van der Waals surface area contributed by atoms with Crippen molar-refractivity contribution in [3.63, 3.8) is 0 Å². The summed E-state index contributed by atoms with van der Waals surface area (Å²) in [5, 5.41) is 19.0. The SMILES string of the molecule is CCCCNc1c(N2CCN(S(=O)(=O)Cc3ccccc3[N+](=O)[O-])CC2)cnn(-c2ccccc2)c1=O. The Hall–Kier alpha value is -3.77. The Bertz CT molecular complexity index is 1400. The van der Waals surface area contributed by atoms with Crippen molar-refractivity contribution < 1.29 is 13.3 Å². The van der Waals surface area contributed by atoms with E-state index in [-0.39, 0.29) is 29.9 Å². The van der Waals surface area contributed by atoms with Crippen LogP contribution in [0.15, 0.2) is 65.6 Å². The van der Waals surface area contributed by atoms with Crippen molar-refractivity contribution >= 4 is 27.1 Å². The van der Waals surface area contributed by atoms with Crippen LogP contribution in [0.5, 0.6) is 0 Å². The van der Waals surface area contributed by atoms with Gasteiger partial charge in [-0.2, -0.15) is 14.1 Å². The number of nitro benzene ring substituents is 1. The van der Waals surface area contributed by atoms with Crippen LogP contribution >= 0.6 is 0 Å². The van der Waals surface area contributed by atoms with Gasteiger partial charge >= 0.3 is 0 Å². The molecule has 1 saturated heterocycles. The van der Waals surface area contributed by atoms with Crippen LogP contribution in [0.25, 0.3) is 5.69 Å². The predicted octanol–water partition coefficient (Wildman–Crippen LogP) is 3.00. The van der Waals surface area contributed by atoms with Crippen LogP contribution in [0.1, 0.15) is 25.3 Å². The number of nitro groups is 1. The topological polar surface area (TPSA) is 131 Å². The molecule has 0 saturated carbocycles. The molecule has 4 rings (SSSR count). The second-order valence-corrected chi connectivity index (χ2v) is 10.7. The Morgan fingerprint density at radius 2 is 1.70 bits per heavy atom. The highest BCUT2D eigenvalue weighted by Gasteiger charge is 2.30. The van der Waals surface area contributed by atoms with Gasteiger partial charge in [0.1, 0.15) is 5.69 Å². The number of rotatable bonds is 10. The Balaban J connectivity index is 1.54. The van der Waals surface area contributed by atoms with Crippen LogP contribution in [-0.2, 0) is 15.8 Å². The fourth-order valence-corrected chi connectivity index (χ4v) is 5.84. The molecule has 37 heavy (non-hydrogen) atoms. The van der Waals surface area contributed by atoms with Gasteiger partial charge in [-0.1, -0.05) is 49.7 Å². The molecule has 0 aliphatic carbocycles.